The van der Waals surface area contributed by atoms with Gasteiger partial charge in [0.2, 0.25) is 0 Å². The van der Waals surface area contributed by atoms with Crippen LogP contribution in [0.15, 0.2) is 16.7 Å². The van der Waals surface area contributed by atoms with E-state index in [4.69, 9.17) is 0 Å². The van der Waals surface area contributed by atoms with Crippen LogP contribution in [0.1, 0.15) is 39.2 Å². The standard InChI is InChI=1S/C16H26BrN3/c1-4-6-18-9-14-8-15(17)10-19-16(14)20-7-5-12(2)13(3)11-20/h8,10,12-13,18H,4-7,9,11H2,1-3H3. The molecule has 0 radical (unpaired) electrons. The van der Waals surface area contributed by atoms with Gasteiger partial charge in [-0.2, -0.15) is 0 Å². The summed E-state index contributed by atoms with van der Waals surface area (Å²) in [4.78, 5) is 7.14. The lowest BCUT2D eigenvalue weighted by Gasteiger charge is -2.37. The second kappa shape index (κ2) is 7.41. The summed E-state index contributed by atoms with van der Waals surface area (Å²) in [6.07, 6.45) is 4.34. The molecule has 1 aliphatic rings. The topological polar surface area (TPSA) is 28.2 Å². The molecule has 1 saturated heterocycles. The predicted octanol–water partition coefficient (Wildman–Crippen LogP) is 3.83. The smallest absolute Gasteiger partial charge is 0.133 e. The van der Waals surface area contributed by atoms with Crippen molar-refractivity contribution in [3.63, 3.8) is 0 Å². The summed E-state index contributed by atoms with van der Waals surface area (Å²) in [5.74, 6) is 2.73. The van der Waals surface area contributed by atoms with Gasteiger partial charge >= 0.3 is 0 Å². The van der Waals surface area contributed by atoms with Crippen LogP contribution < -0.4 is 10.2 Å². The van der Waals surface area contributed by atoms with Crippen LogP contribution in [-0.2, 0) is 6.54 Å². The first kappa shape index (κ1) is 15.8. The minimum atomic E-state index is 0.741. The van der Waals surface area contributed by atoms with Crippen LogP contribution in [0.5, 0.6) is 0 Å². The van der Waals surface area contributed by atoms with Crippen molar-refractivity contribution in [1.29, 1.82) is 0 Å². The summed E-state index contributed by atoms with van der Waals surface area (Å²) in [6, 6.07) is 2.20. The van der Waals surface area contributed by atoms with E-state index in [2.05, 4.69) is 58.0 Å². The first-order valence-electron chi connectivity index (χ1n) is 7.72. The molecule has 1 N–H and O–H groups in total. The second-order valence-corrected chi connectivity index (χ2v) is 6.92. The number of nitrogens with zero attached hydrogens (tertiary/aromatic N) is 2. The van der Waals surface area contributed by atoms with Crippen molar-refractivity contribution < 1.29 is 0 Å². The van der Waals surface area contributed by atoms with Crippen molar-refractivity contribution in [3.05, 3.63) is 22.3 Å². The molecule has 2 rings (SSSR count). The molecule has 112 valence electrons. The fourth-order valence-electron chi connectivity index (χ4n) is 2.74. The highest BCUT2D eigenvalue weighted by atomic mass is 79.9. The number of rotatable bonds is 5. The van der Waals surface area contributed by atoms with E-state index in [1.54, 1.807) is 0 Å². The fraction of sp³-hybridized carbons (Fsp3) is 0.688. The van der Waals surface area contributed by atoms with Crippen LogP contribution in [0.3, 0.4) is 0 Å². The number of pyridine rings is 1. The van der Waals surface area contributed by atoms with Crippen molar-refractivity contribution in [2.24, 2.45) is 11.8 Å². The Labute approximate surface area is 131 Å². The van der Waals surface area contributed by atoms with Crippen LogP contribution in [0, 0.1) is 11.8 Å². The van der Waals surface area contributed by atoms with Gasteiger partial charge in [0.1, 0.15) is 5.82 Å². The fourth-order valence-corrected chi connectivity index (χ4v) is 3.12. The number of nitrogens with one attached hydrogen (secondary N) is 1. The molecule has 3 nitrogen and oxygen atoms in total. The minimum absolute atomic E-state index is 0.741. The molecule has 1 aromatic heterocycles. The minimum Gasteiger partial charge on any atom is -0.356 e. The molecule has 0 aromatic carbocycles. The molecule has 1 aliphatic heterocycles. The van der Waals surface area contributed by atoms with Crippen LogP contribution in [0.2, 0.25) is 0 Å². The van der Waals surface area contributed by atoms with Crippen LogP contribution in [0.4, 0.5) is 5.82 Å². The molecule has 0 saturated carbocycles. The maximum absolute atomic E-state index is 4.68. The van der Waals surface area contributed by atoms with Gasteiger partial charge in [0.05, 0.1) is 0 Å². The van der Waals surface area contributed by atoms with E-state index in [-0.39, 0.29) is 0 Å². The van der Waals surface area contributed by atoms with Crippen LogP contribution in [-0.4, -0.2) is 24.6 Å². The molecule has 0 aliphatic carbocycles. The zero-order valence-electron chi connectivity index (χ0n) is 12.8. The Morgan fingerprint density at radius 2 is 2.20 bits per heavy atom. The molecular formula is C16H26BrN3. The molecule has 1 fully saturated rings. The molecule has 1 aromatic rings. The third kappa shape index (κ3) is 3.95. The van der Waals surface area contributed by atoms with Crippen LogP contribution >= 0.6 is 15.9 Å². The number of aromatic nitrogens is 1. The number of hydrogen-bond donors (Lipinski definition) is 1. The third-order valence-corrected chi connectivity index (χ3v) is 4.72. The Kier molecular flexibility index (Phi) is 5.85. The average Bonchev–Trinajstić information content (AvgIpc) is 2.43. The van der Waals surface area contributed by atoms with Gasteiger partial charge in [-0.15, -0.1) is 0 Å². The largest absolute Gasteiger partial charge is 0.356 e. The van der Waals surface area contributed by atoms with Crippen molar-refractivity contribution >= 4 is 21.7 Å². The Balaban J connectivity index is 2.13. The number of hydrogen-bond acceptors (Lipinski definition) is 3. The van der Waals surface area contributed by atoms with Crippen molar-refractivity contribution in [2.75, 3.05) is 24.5 Å². The lowest BCUT2D eigenvalue weighted by atomic mass is 9.88. The van der Waals surface area contributed by atoms with Gasteiger partial charge in [-0.05, 0) is 53.2 Å². The molecule has 2 unspecified atom stereocenters. The first-order chi connectivity index (χ1) is 9.61. The number of piperidine rings is 1. The molecule has 0 amide bonds. The lowest BCUT2D eigenvalue weighted by Crippen LogP contribution is -2.39. The third-order valence-electron chi connectivity index (χ3n) is 4.29. The van der Waals surface area contributed by atoms with E-state index in [0.29, 0.717) is 0 Å². The molecular weight excluding hydrogens is 314 g/mol. The summed E-state index contributed by atoms with van der Waals surface area (Å²) < 4.78 is 1.06. The first-order valence-corrected chi connectivity index (χ1v) is 8.51. The monoisotopic (exact) mass is 339 g/mol. The van der Waals surface area contributed by atoms with E-state index < -0.39 is 0 Å². The highest BCUT2D eigenvalue weighted by Gasteiger charge is 2.24. The normalized spacial score (nSPS) is 23.1. The molecule has 2 atom stereocenters. The van der Waals surface area contributed by atoms with Gasteiger partial charge in [0.25, 0.3) is 0 Å². The highest BCUT2D eigenvalue weighted by Crippen LogP contribution is 2.29. The van der Waals surface area contributed by atoms with Gasteiger partial charge < -0.3 is 10.2 Å². The Bertz CT molecular complexity index is 436. The lowest BCUT2D eigenvalue weighted by molar-refractivity contribution is 0.322. The Morgan fingerprint density at radius 1 is 1.40 bits per heavy atom. The van der Waals surface area contributed by atoms with E-state index in [1.165, 1.54) is 12.0 Å². The molecule has 2 heterocycles. The van der Waals surface area contributed by atoms with Crippen LogP contribution in [0.25, 0.3) is 0 Å². The molecule has 4 heteroatoms. The number of halogens is 1. The second-order valence-electron chi connectivity index (χ2n) is 6.00. The number of anilines is 1. The van der Waals surface area contributed by atoms with E-state index in [0.717, 1.165) is 54.7 Å². The molecule has 20 heavy (non-hydrogen) atoms. The Hall–Kier alpha value is -0.610. The van der Waals surface area contributed by atoms with Gasteiger partial charge in [-0.25, -0.2) is 4.98 Å². The van der Waals surface area contributed by atoms with Gasteiger partial charge in [-0.3, -0.25) is 0 Å². The SMILES string of the molecule is CCCNCc1cc(Br)cnc1N1CCC(C)C(C)C1. The summed E-state index contributed by atoms with van der Waals surface area (Å²) in [7, 11) is 0. The summed E-state index contributed by atoms with van der Waals surface area (Å²) >= 11 is 3.54. The zero-order valence-corrected chi connectivity index (χ0v) is 14.4. The van der Waals surface area contributed by atoms with E-state index >= 15 is 0 Å². The molecule has 0 bridgehead atoms. The van der Waals surface area contributed by atoms with E-state index in [9.17, 15) is 0 Å². The van der Waals surface area contributed by atoms with E-state index in [1.807, 2.05) is 6.20 Å². The predicted molar refractivity (Wildman–Crippen MR) is 89.1 cm³/mol. The van der Waals surface area contributed by atoms with Gasteiger partial charge in [-0.1, -0.05) is 20.8 Å². The summed E-state index contributed by atoms with van der Waals surface area (Å²) in [5.41, 5.74) is 1.30. The maximum atomic E-state index is 4.68. The van der Waals surface area contributed by atoms with Crippen molar-refractivity contribution in [2.45, 2.75) is 40.2 Å². The van der Waals surface area contributed by atoms with Crippen molar-refractivity contribution in [3.8, 4) is 0 Å². The zero-order chi connectivity index (χ0) is 14.5. The van der Waals surface area contributed by atoms with Gasteiger partial charge in [0, 0.05) is 35.9 Å². The quantitative estimate of drug-likeness (QED) is 0.826. The average molecular weight is 340 g/mol. The highest BCUT2D eigenvalue weighted by molar-refractivity contribution is 9.10. The molecule has 0 spiro atoms. The van der Waals surface area contributed by atoms with Crippen molar-refractivity contribution in [1.82, 2.24) is 10.3 Å². The Morgan fingerprint density at radius 3 is 2.90 bits per heavy atom. The summed E-state index contributed by atoms with van der Waals surface area (Å²) in [6.45, 7) is 11.1. The summed E-state index contributed by atoms with van der Waals surface area (Å²) in [5, 5.41) is 3.49. The maximum Gasteiger partial charge on any atom is 0.133 e. The van der Waals surface area contributed by atoms with Gasteiger partial charge in [0.15, 0.2) is 0 Å².